The minimum absolute atomic E-state index is 0. The van der Waals surface area contributed by atoms with Crippen molar-refractivity contribution < 1.29 is 4.79 Å². The molecule has 1 heterocycles. The van der Waals surface area contributed by atoms with Gasteiger partial charge in [-0.2, -0.15) is 0 Å². The Hall–Kier alpha value is -0.130. The molecular weight excluding hydrogens is 387 g/mol. The van der Waals surface area contributed by atoms with Crippen LogP contribution in [0.4, 0.5) is 0 Å². The van der Waals surface area contributed by atoms with E-state index >= 15 is 0 Å². The average Bonchev–Trinajstić information content (AvgIpc) is 2.55. The molecule has 0 bridgehead atoms. The third kappa shape index (κ3) is 7.01. The molecule has 0 radical (unpaired) electrons. The highest BCUT2D eigenvalue weighted by Gasteiger charge is 2.22. The highest BCUT2D eigenvalue weighted by atomic mass is 35.5. The lowest BCUT2D eigenvalue weighted by Gasteiger charge is -2.32. The van der Waals surface area contributed by atoms with Crippen LogP contribution in [-0.4, -0.2) is 42.7 Å². The fourth-order valence-corrected chi connectivity index (χ4v) is 4.20. The van der Waals surface area contributed by atoms with Gasteiger partial charge in [-0.1, -0.05) is 36.2 Å². The van der Waals surface area contributed by atoms with Gasteiger partial charge in [0.1, 0.15) is 0 Å². The number of nitrogens with one attached hydrogen (secondary N) is 1. The largest absolute Gasteiger partial charge is 0.342 e. The number of carbonyl (C=O) groups excluding carboxylic acids is 1. The van der Waals surface area contributed by atoms with Gasteiger partial charge in [-0.25, -0.2) is 0 Å². The summed E-state index contributed by atoms with van der Waals surface area (Å²) in [5, 5.41) is 4.70. The molecule has 24 heavy (non-hydrogen) atoms. The second-order valence-electron chi connectivity index (χ2n) is 5.86. The van der Waals surface area contributed by atoms with Crippen LogP contribution in [0, 0.1) is 5.92 Å². The molecule has 0 unspecified atom stereocenters. The van der Waals surface area contributed by atoms with Gasteiger partial charge in [-0.05, 0) is 49.5 Å². The maximum atomic E-state index is 12.3. The third-order valence-corrected chi connectivity index (χ3v) is 5.70. The Morgan fingerprint density at radius 3 is 2.67 bits per heavy atom. The number of amides is 1. The van der Waals surface area contributed by atoms with Crippen LogP contribution in [0.3, 0.4) is 0 Å². The highest BCUT2D eigenvalue weighted by molar-refractivity contribution is 7.99. The molecular formula is C17H25Cl3N2OS. The van der Waals surface area contributed by atoms with Gasteiger partial charge in [0.15, 0.2) is 0 Å². The normalized spacial score (nSPS) is 15.2. The number of likely N-dealkylation sites (tertiary alicyclic amines) is 1. The van der Waals surface area contributed by atoms with E-state index in [1.807, 2.05) is 17.0 Å². The number of rotatable bonds is 7. The quantitative estimate of drug-likeness (QED) is 0.717. The zero-order valence-corrected chi connectivity index (χ0v) is 17.0. The van der Waals surface area contributed by atoms with E-state index < -0.39 is 0 Å². The lowest BCUT2D eigenvalue weighted by atomic mass is 9.97. The SMILES string of the molecule is CCNCC1CCN(C(=O)CSCc2ccc(Cl)cc2Cl)CC1.Cl. The maximum Gasteiger partial charge on any atom is 0.232 e. The average molecular weight is 412 g/mol. The van der Waals surface area contributed by atoms with Crippen molar-refractivity contribution in [1.82, 2.24) is 10.2 Å². The monoisotopic (exact) mass is 410 g/mol. The molecule has 1 aliphatic rings. The highest BCUT2D eigenvalue weighted by Crippen LogP contribution is 2.25. The van der Waals surface area contributed by atoms with Crippen LogP contribution in [0.5, 0.6) is 0 Å². The molecule has 7 heteroatoms. The number of nitrogens with zero attached hydrogens (tertiary/aromatic N) is 1. The standard InChI is InChI=1S/C17H24Cl2N2OS.ClH/c1-2-20-10-13-5-7-21(8-6-13)17(22)12-23-11-14-3-4-15(18)9-16(14)19;/h3-4,9,13,20H,2,5-8,10-12H2,1H3;1H. The van der Waals surface area contributed by atoms with Crippen LogP contribution in [0.15, 0.2) is 18.2 Å². The zero-order valence-electron chi connectivity index (χ0n) is 13.9. The molecule has 0 saturated carbocycles. The number of benzene rings is 1. The van der Waals surface area contributed by atoms with Crippen molar-refractivity contribution >= 4 is 53.3 Å². The second-order valence-corrected chi connectivity index (χ2v) is 7.69. The summed E-state index contributed by atoms with van der Waals surface area (Å²) in [6.45, 7) is 5.99. The second kappa shape index (κ2) is 11.5. The Morgan fingerprint density at radius 2 is 2.04 bits per heavy atom. The van der Waals surface area contributed by atoms with Gasteiger partial charge in [0.2, 0.25) is 5.91 Å². The van der Waals surface area contributed by atoms with E-state index in [-0.39, 0.29) is 18.3 Å². The first-order valence-electron chi connectivity index (χ1n) is 8.10. The third-order valence-electron chi connectivity index (χ3n) is 4.15. The summed E-state index contributed by atoms with van der Waals surface area (Å²) < 4.78 is 0. The first kappa shape index (κ1) is 21.9. The molecule has 136 valence electrons. The Morgan fingerprint density at radius 1 is 1.33 bits per heavy atom. The molecule has 0 spiro atoms. The molecule has 1 fully saturated rings. The first-order chi connectivity index (χ1) is 11.1. The van der Waals surface area contributed by atoms with Gasteiger partial charge in [0, 0.05) is 28.9 Å². The minimum Gasteiger partial charge on any atom is -0.342 e. The van der Waals surface area contributed by atoms with Crippen molar-refractivity contribution in [1.29, 1.82) is 0 Å². The molecule has 0 aromatic heterocycles. The summed E-state index contributed by atoms with van der Waals surface area (Å²) in [6.07, 6.45) is 2.21. The van der Waals surface area contributed by atoms with Crippen LogP contribution in [0.2, 0.25) is 10.0 Å². The Balaban J connectivity index is 0.00000288. The molecule has 1 aromatic rings. The fourth-order valence-electron chi connectivity index (χ4n) is 2.71. The zero-order chi connectivity index (χ0) is 16.7. The molecule has 2 rings (SSSR count). The van der Waals surface area contributed by atoms with E-state index in [1.54, 1.807) is 17.8 Å². The lowest BCUT2D eigenvalue weighted by Crippen LogP contribution is -2.41. The molecule has 3 nitrogen and oxygen atoms in total. The summed E-state index contributed by atoms with van der Waals surface area (Å²) in [7, 11) is 0. The maximum absolute atomic E-state index is 12.3. The minimum atomic E-state index is 0. The van der Waals surface area contributed by atoms with Gasteiger partial charge in [-0.3, -0.25) is 4.79 Å². The van der Waals surface area contributed by atoms with Crippen LogP contribution in [0.25, 0.3) is 0 Å². The van der Waals surface area contributed by atoms with Gasteiger partial charge >= 0.3 is 0 Å². The lowest BCUT2D eigenvalue weighted by molar-refractivity contribution is -0.129. The van der Waals surface area contributed by atoms with Crippen molar-refractivity contribution in [3.63, 3.8) is 0 Å². The number of carbonyl (C=O) groups is 1. The van der Waals surface area contributed by atoms with Gasteiger partial charge < -0.3 is 10.2 Å². The summed E-state index contributed by atoms with van der Waals surface area (Å²) >= 11 is 13.7. The van der Waals surface area contributed by atoms with Crippen LogP contribution in [0.1, 0.15) is 25.3 Å². The summed E-state index contributed by atoms with van der Waals surface area (Å²) in [4.78, 5) is 14.3. The number of halogens is 3. The van der Waals surface area contributed by atoms with Gasteiger partial charge in [0.05, 0.1) is 5.75 Å². The van der Waals surface area contributed by atoms with Crippen LogP contribution >= 0.6 is 47.4 Å². The van der Waals surface area contributed by atoms with E-state index in [2.05, 4.69) is 12.2 Å². The predicted molar refractivity (Wildman–Crippen MR) is 108 cm³/mol. The summed E-state index contributed by atoms with van der Waals surface area (Å²) in [6, 6.07) is 5.50. The van der Waals surface area contributed by atoms with Crippen molar-refractivity contribution in [3.8, 4) is 0 Å². The van der Waals surface area contributed by atoms with E-state index in [9.17, 15) is 4.79 Å². The predicted octanol–water partition coefficient (Wildman–Crippen LogP) is 4.50. The number of hydrogen-bond acceptors (Lipinski definition) is 3. The fraction of sp³-hybridized carbons (Fsp3) is 0.588. The van der Waals surface area contributed by atoms with Crippen molar-refractivity contribution in [2.24, 2.45) is 5.92 Å². The summed E-state index contributed by atoms with van der Waals surface area (Å²) in [5.41, 5.74) is 1.03. The van der Waals surface area contributed by atoms with Crippen molar-refractivity contribution in [2.75, 3.05) is 31.9 Å². The molecule has 1 N–H and O–H groups in total. The van der Waals surface area contributed by atoms with Gasteiger partial charge in [-0.15, -0.1) is 24.2 Å². The Labute approximate surface area is 165 Å². The van der Waals surface area contributed by atoms with E-state index in [0.29, 0.717) is 21.7 Å². The van der Waals surface area contributed by atoms with Gasteiger partial charge in [0.25, 0.3) is 0 Å². The van der Waals surface area contributed by atoms with Crippen molar-refractivity contribution in [2.45, 2.75) is 25.5 Å². The van der Waals surface area contributed by atoms with E-state index in [1.165, 1.54) is 0 Å². The van der Waals surface area contributed by atoms with E-state index in [0.717, 1.165) is 50.3 Å². The molecule has 1 aliphatic heterocycles. The molecule has 1 aromatic carbocycles. The number of piperidine rings is 1. The molecule has 0 aliphatic carbocycles. The molecule has 1 amide bonds. The Bertz CT molecular complexity index is 523. The molecule has 0 atom stereocenters. The summed E-state index contributed by atoms with van der Waals surface area (Å²) in [5.74, 6) is 2.19. The topological polar surface area (TPSA) is 32.3 Å². The Kier molecular flexibility index (Phi) is 10.5. The van der Waals surface area contributed by atoms with Crippen LogP contribution < -0.4 is 5.32 Å². The van der Waals surface area contributed by atoms with Crippen LogP contribution in [-0.2, 0) is 10.5 Å². The number of hydrogen-bond donors (Lipinski definition) is 1. The smallest absolute Gasteiger partial charge is 0.232 e. The molecule has 1 saturated heterocycles. The van der Waals surface area contributed by atoms with Crippen molar-refractivity contribution in [3.05, 3.63) is 33.8 Å². The number of thioether (sulfide) groups is 1. The first-order valence-corrected chi connectivity index (χ1v) is 10.0. The van der Waals surface area contributed by atoms with E-state index in [4.69, 9.17) is 23.2 Å².